The number of urea groups is 1. The Morgan fingerprint density at radius 3 is 2.53 bits per heavy atom. The molecule has 0 saturated carbocycles. The molecule has 3 aromatic rings. The summed E-state index contributed by atoms with van der Waals surface area (Å²) in [7, 11) is 1.26. The molecule has 1 fully saturated rings. The summed E-state index contributed by atoms with van der Waals surface area (Å²) < 4.78 is 10.7. The maximum atomic E-state index is 12.8. The van der Waals surface area contributed by atoms with E-state index < -0.39 is 17.9 Å². The van der Waals surface area contributed by atoms with Crippen LogP contribution < -0.4 is 10.7 Å². The number of thioether (sulfide) groups is 1. The highest BCUT2D eigenvalue weighted by molar-refractivity contribution is 8.26. The number of rotatable bonds is 5. The van der Waals surface area contributed by atoms with E-state index in [1.165, 1.54) is 25.3 Å². The van der Waals surface area contributed by atoms with Gasteiger partial charge >= 0.3 is 12.0 Å². The fraction of sp³-hybridized carbons (Fsp3) is 0.0435. The first-order valence-electron chi connectivity index (χ1n) is 9.95. The number of benzene rings is 2. The highest BCUT2D eigenvalue weighted by Crippen LogP contribution is 2.33. The number of thiocarbonyl (C=S) groups is 1. The lowest BCUT2D eigenvalue weighted by molar-refractivity contribution is -0.123. The summed E-state index contributed by atoms with van der Waals surface area (Å²) in [5, 5.41) is 4.35. The van der Waals surface area contributed by atoms with Gasteiger partial charge in [-0.2, -0.15) is 5.01 Å². The molecule has 36 heavy (non-hydrogen) atoms. The van der Waals surface area contributed by atoms with Crippen molar-refractivity contribution in [3.63, 3.8) is 0 Å². The molecule has 3 amide bonds. The first-order chi connectivity index (χ1) is 17.2. The number of hydrazine groups is 1. The molecule has 13 heteroatoms. The monoisotopic (exact) mass is 581 g/mol. The zero-order valence-electron chi connectivity index (χ0n) is 18.1. The lowest BCUT2D eigenvalue weighted by Gasteiger charge is -2.16. The van der Waals surface area contributed by atoms with Crippen molar-refractivity contribution < 1.29 is 23.5 Å². The molecule has 0 radical (unpaired) electrons. The molecule has 2 aromatic carbocycles. The van der Waals surface area contributed by atoms with Crippen LogP contribution in [0.15, 0.2) is 57.9 Å². The lowest BCUT2D eigenvalue weighted by Crippen LogP contribution is -2.46. The average molecular weight is 583 g/mol. The van der Waals surface area contributed by atoms with Crippen LogP contribution in [0.3, 0.4) is 0 Å². The minimum atomic E-state index is -0.699. The number of furan rings is 1. The van der Waals surface area contributed by atoms with Gasteiger partial charge in [-0.15, -0.1) is 0 Å². The highest BCUT2D eigenvalue weighted by atomic mass is 35.5. The van der Waals surface area contributed by atoms with E-state index in [2.05, 4.69) is 10.7 Å². The highest BCUT2D eigenvalue weighted by Gasteiger charge is 2.34. The molecule has 1 aromatic heterocycles. The molecule has 1 aliphatic heterocycles. The van der Waals surface area contributed by atoms with Crippen LogP contribution >= 0.6 is 58.8 Å². The van der Waals surface area contributed by atoms with Gasteiger partial charge in [-0.3, -0.25) is 4.79 Å². The van der Waals surface area contributed by atoms with Crippen molar-refractivity contribution >= 4 is 92.8 Å². The van der Waals surface area contributed by atoms with Crippen molar-refractivity contribution in [2.75, 3.05) is 12.4 Å². The second-order valence-corrected chi connectivity index (χ2v) is 10.00. The van der Waals surface area contributed by atoms with Gasteiger partial charge in [-0.05, 0) is 60.7 Å². The van der Waals surface area contributed by atoms with E-state index in [9.17, 15) is 14.4 Å². The molecule has 2 N–H and O–H groups in total. The maximum absolute atomic E-state index is 12.8. The van der Waals surface area contributed by atoms with E-state index >= 15 is 0 Å². The number of hydrogen-bond donors (Lipinski definition) is 2. The molecule has 0 atom stereocenters. The van der Waals surface area contributed by atoms with Crippen LogP contribution in [0.4, 0.5) is 10.5 Å². The Morgan fingerprint density at radius 2 is 1.81 bits per heavy atom. The summed E-state index contributed by atoms with van der Waals surface area (Å²) in [6, 6.07) is 12.0. The summed E-state index contributed by atoms with van der Waals surface area (Å²) in [5.41, 5.74) is 3.57. The van der Waals surface area contributed by atoms with Gasteiger partial charge in [0.05, 0.1) is 32.6 Å². The molecule has 8 nitrogen and oxygen atoms in total. The van der Waals surface area contributed by atoms with Crippen LogP contribution in [0.2, 0.25) is 15.1 Å². The fourth-order valence-electron chi connectivity index (χ4n) is 3.06. The van der Waals surface area contributed by atoms with Crippen molar-refractivity contribution in [3.8, 4) is 11.3 Å². The predicted molar refractivity (Wildman–Crippen MR) is 144 cm³/mol. The minimum Gasteiger partial charge on any atom is -0.465 e. The zero-order chi connectivity index (χ0) is 26.0. The van der Waals surface area contributed by atoms with E-state index in [4.69, 9.17) is 56.2 Å². The summed E-state index contributed by atoms with van der Waals surface area (Å²) in [4.78, 5) is 37.3. The molecule has 184 valence electrons. The maximum Gasteiger partial charge on any atom is 0.339 e. The van der Waals surface area contributed by atoms with E-state index in [-0.39, 0.29) is 24.8 Å². The number of halogens is 3. The van der Waals surface area contributed by atoms with Crippen LogP contribution in [0, 0.1) is 0 Å². The van der Waals surface area contributed by atoms with Crippen molar-refractivity contribution in [2.24, 2.45) is 0 Å². The number of hydrogen-bond acceptors (Lipinski definition) is 7. The number of methoxy groups -OCH3 is 1. The van der Waals surface area contributed by atoms with Gasteiger partial charge in [0.1, 0.15) is 11.5 Å². The number of esters is 1. The number of carbonyl (C=O) groups is 3. The standard InChI is InChI=1S/C23H14Cl3N3O5S2/c1-33-21(31)14-8-11(2-5-15(14)24)18-7-4-13(34-18)10-19-20(30)29(23(35)36-19)28-22(32)27-12-3-6-16(25)17(26)9-12/h2-10H,1H3,(H2,27,28,32)/b19-10+. The Hall–Kier alpha value is -3.02. The number of anilines is 1. The number of ether oxygens (including phenoxy) is 1. The van der Waals surface area contributed by atoms with Gasteiger partial charge in [0.15, 0.2) is 4.32 Å². The van der Waals surface area contributed by atoms with Gasteiger partial charge in [-0.25, -0.2) is 15.0 Å². The molecule has 0 spiro atoms. The van der Waals surface area contributed by atoms with Gasteiger partial charge in [0.25, 0.3) is 5.91 Å². The summed E-state index contributed by atoms with van der Waals surface area (Å²) >= 11 is 24.1. The summed E-state index contributed by atoms with van der Waals surface area (Å²) in [6.07, 6.45) is 1.50. The first-order valence-corrected chi connectivity index (χ1v) is 12.3. The van der Waals surface area contributed by atoms with E-state index in [1.54, 1.807) is 36.4 Å². The minimum absolute atomic E-state index is 0.128. The molecular weight excluding hydrogens is 569 g/mol. The lowest BCUT2D eigenvalue weighted by atomic mass is 10.1. The molecule has 0 bridgehead atoms. The topological polar surface area (TPSA) is 101 Å². The Morgan fingerprint density at radius 1 is 1.06 bits per heavy atom. The van der Waals surface area contributed by atoms with E-state index in [0.29, 0.717) is 27.8 Å². The van der Waals surface area contributed by atoms with Crippen LogP contribution in [-0.2, 0) is 9.53 Å². The SMILES string of the molecule is COC(=O)c1cc(-c2ccc(/C=C3/SC(=S)N(NC(=O)Nc4ccc(Cl)c(Cl)c4)C3=O)o2)ccc1Cl. The zero-order valence-corrected chi connectivity index (χ0v) is 22.0. The van der Waals surface area contributed by atoms with Gasteiger partial charge in [0.2, 0.25) is 0 Å². The number of carbonyl (C=O) groups excluding carboxylic acids is 3. The van der Waals surface area contributed by atoms with Crippen LogP contribution in [-0.4, -0.2) is 34.3 Å². The van der Waals surface area contributed by atoms with Crippen LogP contribution in [0.25, 0.3) is 17.4 Å². The van der Waals surface area contributed by atoms with Crippen molar-refractivity contribution in [1.82, 2.24) is 10.4 Å². The van der Waals surface area contributed by atoms with Gasteiger partial charge in [0, 0.05) is 17.3 Å². The molecule has 4 rings (SSSR count). The fourth-order valence-corrected chi connectivity index (χ4v) is 4.71. The normalized spacial score (nSPS) is 14.3. The Kier molecular flexibility index (Phi) is 7.91. The molecular formula is C23H14Cl3N3O5S2. The first kappa shape index (κ1) is 26.1. The van der Waals surface area contributed by atoms with Gasteiger partial charge < -0.3 is 14.5 Å². The quantitative estimate of drug-likeness (QED) is 0.198. The second kappa shape index (κ2) is 10.9. The third kappa shape index (κ3) is 5.69. The Labute approximate surface area is 229 Å². The molecule has 0 unspecified atom stereocenters. The Balaban J connectivity index is 1.47. The van der Waals surface area contributed by atoms with E-state index in [0.717, 1.165) is 16.8 Å². The number of amides is 3. The summed E-state index contributed by atoms with van der Waals surface area (Å²) in [6.45, 7) is 0. The van der Waals surface area contributed by atoms with Crippen molar-refractivity contribution in [3.05, 3.63) is 79.8 Å². The predicted octanol–water partition coefficient (Wildman–Crippen LogP) is 6.63. The molecule has 1 aliphatic rings. The smallest absolute Gasteiger partial charge is 0.339 e. The summed E-state index contributed by atoms with van der Waals surface area (Å²) in [5.74, 6) is -0.308. The number of nitrogens with one attached hydrogen (secondary N) is 2. The largest absolute Gasteiger partial charge is 0.465 e. The third-order valence-corrected chi connectivity index (χ3v) is 7.11. The van der Waals surface area contributed by atoms with Gasteiger partial charge in [-0.1, -0.05) is 46.6 Å². The Bertz CT molecular complexity index is 1440. The third-order valence-electron chi connectivity index (χ3n) is 4.74. The average Bonchev–Trinajstić information content (AvgIpc) is 3.41. The molecule has 0 aliphatic carbocycles. The van der Waals surface area contributed by atoms with Crippen LogP contribution in [0.1, 0.15) is 16.1 Å². The van der Waals surface area contributed by atoms with Crippen molar-refractivity contribution in [2.45, 2.75) is 0 Å². The second-order valence-electron chi connectivity index (χ2n) is 7.10. The molecule has 2 heterocycles. The number of nitrogens with zero attached hydrogens (tertiary/aromatic N) is 1. The van der Waals surface area contributed by atoms with Crippen LogP contribution in [0.5, 0.6) is 0 Å². The molecule has 1 saturated heterocycles. The van der Waals surface area contributed by atoms with Crippen molar-refractivity contribution in [1.29, 1.82) is 0 Å². The van der Waals surface area contributed by atoms with E-state index in [1.807, 2.05) is 0 Å².